The van der Waals surface area contributed by atoms with E-state index in [4.69, 9.17) is 23.8 Å². The summed E-state index contributed by atoms with van der Waals surface area (Å²) in [6, 6.07) is 62.7. The first-order chi connectivity index (χ1) is 28.2. The van der Waals surface area contributed by atoms with Crippen molar-refractivity contribution in [2.45, 2.75) is 0 Å². The molecular weight excluding hydrogens is 701 g/mol. The number of rotatable bonds is 5. The molecule has 12 aromatic rings. The Morgan fingerprint density at radius 1 is 0.351 bits per heavy atom. The number of aromatic nitrogens is 4. The third-order valence-electron chi connectivity index (χ3n) is 11.1. The van der Waals surface area contributed by atoms with Crippen LogP contribution in [0.2, 0.25) is 0 Å². The van der Waals surface area contributed by atoms with Gasteiger partial charge in [-0.2, -0.15) is 0 Å². The summed E-state index contributed by atoms with van der Waals surface area (Å²) in [6.45, 7) is 0. The summed E-state index contributed by atoms with van der Waals surface area (Å²) >= 11 is 0. The van der Waals surface area contributed by atoms with Crippen LogP contribution in [0.1, 0.15) is 0 Å². The second kappa shape index (κ2) is 12.3. The maximum Gasteiger partial charge on any atom is 0.164 e. The lowest BCUT2D eigenvalue weighted by Crippen LogP contribution is -2.00. The first-order valence-electron chi connectivity index (χ1n) is 19.0. The molecule has 6 heteroatoms. The highest BCUT2D eigenvalue weighted by Gasteiger charge is 2.23. The van der Waals surface area contributed by atoms with Crippen molar-refractivity contribution < 1.29 is 8.83 Å². The summed E-state index contributed by atoms with van der Waals surface area (Å²) in [5.41, 5.74) is 11.2. The van der Waals surface area contributed by atoms with E-state index in [0.717, 1.165) is 88.4 Å². The highest BCUT2D eigenvalue weighted by Crippen LogP contribution is 2.43. The number of nitrogens with zero attached hydrogens (tertiary/aromatic N) is 4. The summed E-state index contributed by atoms with van der Waals surface area (Å²) in [5.74, 6) is 1.70. The van der Waals surface area contributed by atoms with Gasteiger partial charge in [-0.3, -0.25) is 0 Å². The molecule has 0 unspecified atom stereocenters. The molecule has 0 aliphatic heterocycles. The van der Waals surface area contributed by atoms with E-state index in [9.17, 15) is 0 Å². The molecule has 0 amide bonds. The molecule has 12 rings (SSSR count). The van der Waals surface area contributed by atoms with Gasteiger partial charge in [0.1, 0.15) is 16.7 Å². The van der Waals surface area contributed by atoms with Crippen LogP contribution in [0.5, 0.6) is 0 Å². The van der Waals surface area contributed by atoms with Crippen LogP contribution in [0.25, 0.3) is 117 Å². The number of fused-ring (bicyclic) bond motifs is 9. The van der Waals surface area contributed by atoms with Crippen molar-refractivity contribution in [2.24, 2.45) is 0 Å². The van der Waals surface area contributed by atoms with Crippen molar-refractivity contribution in [3.63, 3.8) is 0 Å². The summed E-state index contributed by atoms with van der Waals surface area (Å²) in [6.07, 6.45) is 0. The van der Waals surface area contributed by atoms with Gasteiger partial charge in [0.15, 0.2) is 23.1 Å². The number of hydrogen-bond acceptors (Lipinski definition) is 5. The minimum absolute atomic E-state index is 0.556. The fraction of sp³-hybridized carbons (Fsp3) is 0. The highest BCUT2D eigenvalue weighted by atomic mass is 16.3. The van der Waals surface area contributed by atoms with Gasteiger partial charge in [-0.25, -0.2) is 15.0 Å². The van der Waals surface area contributed by atoms with Crippen molar-refractivity contribution in [1.82, 2.24) is 19.5 Å². The monoisotopic (exact) mass is 730 g/mol. The molecule has 57 heavy (non-hydrogen) atoms. The molecule has 6 nitrogen and oxygen atoms in total. The van der Waals surface area contributed by atoms with Crippen LogP contribution in [0.15, 0.2) is 191 Å². The second-order valence-corrected chi connectivity index (χ2v) is 14.4. The van der Waals surface area contributed by atoms with Crippen LogP contribution in [-0.4, -0.2) is 19.5 Å². The maximum absolute atomic E-state index is 6.96. The Morgan fingerprint density at radius 3 is 1.70 bits per heavy atom. The van der Waals surface area contributed by atoms with Gasteiger partial charge in [-0.1, -0.05) is 133 Å². The molecule has 0 radical (unpaired) electrons. The molecule has 0 saturated heterocycles. The molecule has 0 aliphatic carbocycles. The third kappa shape index (κ3) is 4.94. The molecule has 4 heterocycles. The quantitative estimate of drug-likeness (QED) is 0.176. The molecule has 0 N–H and O–H groups in total. The van der Waals surface area contributed by atoms with E-state index < -0.39 is 0 Å². The first-order valence-corrected chi connectivity index (χ1v) is 19.0. The van der Waals surface area contributed by atoms with Crippen LogP contribution in [0.4, 0.5) is 0 Å². The summed E-state index contributed by atoms with van der Waals surface area (Å²) in [5, 5.41) is 6.43. The van der Waals surface area contributed by atoms with Crippen LogP contribution in [-0.2, 0) is 0 Å². The second-order valence-electron chi connectivity index (χ2n) is 14.4. The molecule has 0 spiro atoms. The van der Waals surface area contributed by atoms with Crippen LogP contribution < -0.4 is 0 Å². The van der Waals surface area contributed by atoms with E-state index in [2.05, 4.69) is 120 Å². The van der Waals surface area contributed by atoms with Gasteiger partial charge in [0.05, 0.1) is 16.7 Å². The van der Waals surface area contributed by atoms with Crippen molar-refractivity contribution >= 4 is 65.7 Å². The van der Waals surface area contributed by atoms with Crippen molar-refractivity contribution in [1.29, 1.82) is 0 Å². The first kappa shape index (κ1) is 31.5. The van der Waals surface area contributed by atoms with E-state index >= 15 is 0 Å². The Hall–Kier alpha value is -7.83. The predicted octanol–water partition coefficient (Wildman–Crippen LogP) is 13.4. The zero-order chi connectivity index (χ0) is 37.5. The van der Waals surface area contributed by atoms with E-state index in [-0.39, 0.29) is 0 Å². The lowest BCUT2D eigenvalue weighted by molar-refractivity contribution is 0.666. The zero-order valence-corrected chi connectivity index (χ0v) is 30.4. The molecule has 0 aliphatic rings. The van der Waals surface area contributed by atoms with Crippen LogP contribution in [0, 0.1) is 0 Å². The topological polar surface area (TPSA) is 69.9 Å². The molecule has 0 atom stereocenters. The standard InChI is InChI=1S/C51H30N4O2/c1-3-14-31(15-4-1)34-28-40-47-39(21-13-25-45(47)57-48(40)43(29-34)55-41-22-10-7-18-35(41)36-19-8-11-23-42(36)55)51-53-49(32-16-5-2-6-17-32)52-50(54-51)33-26-27-38-37-20-9-12-24-44(37)56-46(38)30-33/h1-30H. The molecule has 266 valence electrons. The lowest BCUT2D eigenvalue weighted by atomic mass is 9.99. The smallest absolute Gasteiger partial charge is 0.164 e. The average molecular weight is 731 g/mol. The van der Waals surface area contributed by atoms with E-state index in [1.54, 1.807) is 0 Å². The van der Waals surface area contributed by atoms with Gasteiger partial charge in [0.2, 0.25) is 0 Å². The van der Waals surface area contributed by atoms with Gasteiger partial charge in [0.25, 0.3) is 0 Å². The minimum Gasteiger partial charge on any atom is -0.456 e. The zero-order valence-electron chi connectivity index (χ0n) is 30.4. The Labute approximate surface area is 325 Å². The van der Waals surface area contributed by atoms with Crippen molar-refractivity contribution in [2.75, 3.05) is 0 Å². The predicted molar refractivity (Wildman–Crippen MR) is 230 cm³/mol. The molecule has 4 aromatic heterocycles. The van der Waals surface area contributed by atoms with E-state index in [1.165, 1.54) is 10.8 Å². The largest absolute Gasteiger partial charge is 0.456 e. The minimum atomic E-state index is 0.556. The van der Waals surface area contributed by atoms with Crippen molar-refractivity contribution in [3.8, 4) is 51.0 Å². The fourth-order valence-corrected chi connectivity index (χ4v) is 8.45. The Bertz CT molecular complexity index is 3470. The fourth-order valence-electron chi connectivity index (χ4n) is 8.45. The Kier molecular flexibility index (Phi) is 6.83. The van der Waals surface area contributed by atoms with Crippen LogP contribution in [0.3, 0.4) is 0 Å². The van der Waals surface area contributed by atoms with Crippen molar-refractivity contribution in [3.05, 3.63) is 182 Å². The number of furan rings is 2. The number of benzene rings is 8. The molecule has 8 aromatic carbocycles. The lowest BCUT2D eigenvalue weighted by Gasteiger charge is -2.12. The summed E-state index contributed by atoms with van der Waals surface area (Å²) < 4.78 is 15.6. The summed E-state index contributed by atoms with van der Waals surface area (Å²) in [4.78, 5) is 15.5. The van der Waals surface area contributed by atoms with E-state index in [0.29, 0.717) is 17.5 Å². The highest BCUT2D eigenvalue weighted by molar-refractivity contribution is 6.17. The third-order valence-corrected chi connectivity index (χ3v) is 11.1. The van der Waals surface area contributed by atoms with Gasteiger partial charge in [0, 0.05) is 49.0 Å². The number of hydrogen-bond donors (Lipinski definition) is 0. The van der Waals surface area contributed by atoms with Gasteiger partial charge >= 0.3 is 0 Å². The van der Waals surface area contributed by atoms with Crippen LogP contribution >= 0.6 is 0 Å². The Balaban J connectivity index is 1.14. The normalized spacial score (nSPS) is 11.9. The molecular formula is C51H30N4O2. The molecule has 0 fully saturated rings. The SMILES string of the molecule is c1ccc(-c2cc(-n3c4ccccc4c4ccccc43)c3oc4cccc(-c5nc(-c6ccccc6)nc(-c6ccc7c(c6)oc6ccccc67)n5)c4c3c2)cc1. The maximum atomic E-state index is 6.96. The van der Waals surface area contributed by atoms with E-state index in [1.807, 2.05) is 66.7 Å². The van der Waals surface area contributed by atoms with Gasteiger partial charge in [-0.15, -0.1) is 0 Å². The van der Waals surface area contributed by atoms with Gasteiger partial charge < -0.3 is 13.4 Å². The average Bonchev–Trinajstić information content (AvgIpc) is 3.96. The number of para-hydroxylation sites is 3. The molecule has 0 saturated carbocycles. The Morgan fingerprint density at radius 2 is 0.947 bits per heavy atom. The summed E-state index contributed by atoms with van der Waals surface area (Å²) in [7, 11) is 0. The van der Waals surface area contributed by atoms with Gasteiger partial charge in [-0.05, 0) is 59.7 Å². The molecule has 0 bridgehead atoms.